The average molecular weight is 488 g/mol. The third kappa shape index (κ3) is 6.15. The van der Waals surface area contributed by atoms with Crippen LogP contribution in [0.25, 0.3) is 0 Å². The van der Waals surface area contributed by atoms with E-state index in [0.29, 0.717) is 50.3 Å². The van der Waals surface area contributed by atoms with E-state index in [1.54, 1.807) is 60.5 Å². The van der Waals surface area contributed by atoms with Gasteiger partial charge in [-0.3, -0.25) is 13.9 Å². The lowest BCUT2D eigenvalue weighted by Gasteiger charge is -2.31. The Bertz CT molecular complexity index is 1080. The number of piperidine rings is 1. The van der Waals surface area contributed by atoms with Gasteiger partial charge in [-0.15, -0.1) is 0 Å². The SMILES string of the molecule is COCCCNC(=O)C1CCN(C(=O)c2ccc(N(C)S(=O)(=O)c3ccc(C)cc3)cc2)CC1. The highest BCUT2D eigenvalue weighted by Crippen LogP contribution is 2.24. The second kappa shape index (κ2) is 11.5. The molecule has 2 aromatic rings. The molecule has 184 valence electrons. The Kier molecular flexibility index (Phi) is 8.68. The number of nitrogens with one attached hydrogen (secondary N) is 1. The number of amides is 2. The molecule has 2 aromatic carbocycles. The standard InChI is InChI=1S/C25H33N3O5S/c1-19-5-11-23(12-6-19)34(31,32)27(2)22-9-7-21(8-10-22)25(30)28-16-13-20(14-17-28)24(29)26-15-4-18-33-3/h5-12,20H,4,13-18H2,1-3H3,(H,26,29). The molecule has 1 fully saturated rings. The van der Waals surface area contributed by atoms with Gasteiger partial charge in [-0.2, -0.15) is 0 Å². The topological polar surface area (TPSA) is 96.0 Å². The van der Waals surface area contributed by atoms with Crippen molar-refractivity contribution in [3.8, 4) is 0 Å². The summed E-state index contributed by atoms with van der Waals surface area (Å²) in [7, 11) is -0.564. The van der Waals surface area contributed by atoms with Crippen molar-refractivity contribution in [3.05, 3.63) is 59.7 Å². The zero-order chi connectivity index (χ0) is 24.7. The van der Waals surface area contributed by atoms with E-state index in [4.69, 9.17) is 4.74 Å². The van der Waals surface area contributed by atoms with Crippen LogP contribution < -0.4 is 9.62 Å². The summed E-state index contributed by atoms with van der Waals surface area (Å²) in [5.41, 5.74) is 1.95. The summed E-state index contributed by atoms with van der Waals surface area (Å²) >= 11 is 0. The third-order valence-electron chi connectivity index (χ3n) is 6.13. The summed E-state index contributed by atoms with van der Waals surface area (Å²) in [4.78, 5) is 27.2. The van der Waals surface area contributed by atoms with Gasteiger partial charge < -0.3 is 15.0 Å². The van der Waals surface area contributed by atoms with Gasteiger partial charge in [0.25, 0.3) is 15.9 Å². The summed E-state index contributed by atoms with van der Waals surface area (Å²) in [6.45, 7) is 4.13. The predicted molar refractivity (Wildman–Crippen MR) is 131 cm³/mol. The molecule has 3 rings (SSSR count). The zero-order valence-electron chi connectivity index (χ0n) is 20.0. The zero-order valence-corrected chi connectivity index (χ0v) is 20.8. The van der Waals surface area contributed by atoms with E-state index in [0.717, 1.165) is 12.0 Å². The Morgan fingerprint density at radius 3 is 2.26 bits per heavy atom. The van der Waals surface area contributed by atoms with Crippen molar-refractivity contribution in [1.82, 2.24) is 10.2 Å². The minimum atomic E-state index is -3.69. The largest absolute Gasteiger partial charge is 0.385 e. The lowest BCUT2D eigenvalue weighted by molar-refractivity contribution is -0.126. The van der Waals surface area contributed by atoms with Gasteiger partial charge in [0.1, 0.15) is 0 Å². The van der Waals surface area contributed by atoms with Crippen molar-refractivity contribution in [2.75, 3.05) is 44.7 Å². The number of anilines is 1. The normalized spacial score (nSPS) is 14.6. The Hall–Kier alpha value is -2.91. The van der Waals surface area contributed by atoms with Crippen LogP contribution in [-0.2, 0) is 19.6 Å². The number of carbonyl (C=O) groups is 2. The minimum absolute atomic E-state index is 0.0328. The van der Waals surface area contributed by atoms with Gasteiger partial charge in [0, 0.05) is 51.9 Å². The number of nitrogens with zero attached hydrogens (tertiary/aromatic N) is 2. The maximum Gasteiger partial charge on any atom is 0.264 e. The van der Waals surface area contributed by atoms with E-state index in [-0.39, 0.29) is 22.6 Å². The molecule has 1 aliphatic rings. The number of hydrogen-bond acceptors (Lipinski definition) is 5. The molecule has 1 aliphatic heterocycles. The summed E-state index contributed by atoms with van der Waals surface area (Å²) in [6.07, 6.45) is 2.02. The van der Waals surface area contributed by atoms with Crippen molar-refractivity contribution >= 4 is 27.5 Å². The maximum absolute atomic E-state index is 12.9. The van der Waals surface area contributed by atoms with Crippen molar-refractivity contribution in [2.24, 2.45) is 5.92 Å². The number of sulfonamides is 1. The molecule has 34 heavy (non-hydrogen) atoms. The molecule has 0 bridgehead atoms. The number of aryl methyl sites for hydroxylation is 1. The summed E-state index contributed by atoms with van der Waals surface area (Å²) in [5.74, 6) is -0.172. The number of benzene rings is 2. The fourth-order valence-electron chi connectivity index (χ4n) is 3.92. The fraction of sp³-hybridized carbons (Fsp3) is 0.440. The van der Waals surface area contributed by atoms with Gasteiger partial charge in [0.15, 0.2) is 0 Å². The third-order valence-corrected chi connectivity index (χ3v) is 7.93. The summed E-state index contributed by atoms with van der Waals surface area (Å²) < 4.78 is 32.0. The van der Waals surface area contributed by atoms with Crippen LogP contribution in [0.15, 0.2) is 53.4 Å². The second-order valence-electron chi connectivity index (χ2n) is 8.54. The first-order chi connectivity index (χ1) is 16.2. The first-order valence-corrected chi connectivity index (χ1v) is 12.9. The van der Waals surface area contributed by atoms with E-state index in [2.05, 4.69) is 5.32 Å². The Balaban J connectivity index is 1.57. The van der Waals surface area contributed by atoms with Crippen LogP contribution in [0.2, 0.25) is 0 Å². The van der Waals surface area contributed by atoms with Crippen LogP contribution in [0.3, 0.4) is 0 Å². The molecule has 1 heterocycles. The Morgan fingerprint density at radius 2 is 1.68 bits per heavy atom. The van der Waals surface area contributed by atoms with Gasteiger partial charge in [0.05, 0.1) is 10.6 Å². The summed E-state index contributed by atoms with van der Waals surface area (Å²) in [6, 6.07) is 13.3. The quantitative estimate of drug-likeness (QED) is 0.549. The Labute approximate surface area is 201 Å². The van der Waals surface area contributed by atoms with E-state index in [9.17, 15) is 18.0 Å². The highest BCUT2D eigenvalue weighted by Gasteiger charge is 2.28. The number of carbonyl (C=O) groups excluding carboxylic acids is 2. The van der Waals surface area contributed by atoms with Crippen LogP contribution in [0.5, 0.6) is 0 Å². The first-order valence-electron chi connectivity index (χ1n) is 11.5. The molecule has 0 unspecified atom stereocenters. The van der Waals surface area contributed by atoms with Crippen molar-refractivity contribution < 1.29 is 22.7 Å². The van der Waals surface area contributed by atoms with Crippen LogP contribution in [-0.4, -0.2) is 65.5 Å². The lowest BCUT2D eigenvalue weighted by Crippen LogP contribution is -2.43. The highest BCUT2D eigenvalue weighted by atomic mass is 32.2. The van der Waals surface area contributed by atoms with Gasteiger partial charge >= 0.3 is 0 Å². The molecule has 9 heteroatoms. The van der Waals surface area contributed by atoms with Gasteiger partial charge in [-0.05, 0) is 62.6 Å². The molecular weight excluding hydrogens is 454 g/mol. The van der Waals surface area contributed by atoms with Crippen molar-refractivity contribution in [1.29, 1.82) is 0 Å². The second-order valence-corrected chi connectivity index (χ2v) is 10.5. The molecule has 2 amide bonds. The van der Waals surface area contributed by atoms with E-state index < -0.39 is 10.0 Å². The van der Waals surface area contributed by atoms with Gasteiger partial charge in [-0.1, -0.05) is 17.7 Å². The average Bonchev–Trinajstić information content (AvgIpc) is 2.86. The molecule has 0 spiro atoms. The molecule has 1 saturated heterocycles. The first kappa shape index (κ1) is 25.7. The molecule has 0 atom stereocenters. The number of likely N-dealkylation sites (tertiary alicyclic amines) is 1. The van der Waals surface area contributed by atoms with Gasteiger partial charge in [-0.25, -0.2) is 8.42 Å². The number of methoxy groups -OCH3 is 1. The lowest BCUT2D eigenvalue weighted by atomic mass is 9.95. The van der Waals surface area contributed by atoms with Crippen molar-refractivity contribution in [3.63, 3.8) is 0 Å². The van der Waals surface area contributed by atoms with Crippen LogP contribution in [0.1, 0.15) is 35.2 Å². The van der Waals surface area contributed by atoms with Crippen LogP contribution in [0, 0.1) is 12.8 Å². The number of hydrogen-bond donors (Lipinski definition) is 1. The van der Waals surface area contributed by atoms with Crippen LogP contribution in [0.4, 0.5) is 5.69 Å². The molecule has 1 N–H and O–H groups in total. The number of rotatable bonds is 9. The fourth-order valence-corrected chi connectivity index (χ4v) is 5.12. The minimum Gasteiger partial charge on any atom is -0.385 e. The molecule has 8 nitrogen and oxygen atoms in total. The molecule has 0 radical (unpaired) electrons. The predicted octanol–water partition coefficient (Wildman–Crippen LogP) is 2.83. The number of ether oxygens (including phenoxy) is 1. The van der Waals surface area contributed by atoms with Gasteiger partial charge in [0.2, 0.25) is 5.91 Å². The van der Waals surface area contributed by atoms with E-state index >= 15 is 0 Å². The monoisotopic (exact) mass is 487 g/mol. The molecule has 0 saturated carbocycles. The highest BCUT2D eigenvalue weighted by molar-refractivity contribution is 7.92. The van der Waals surface area contributed by atoms with Crippen LogP contribution >= 0.6 is 0 Å². The van der Waals surface area contributed by atoms with E-state index in [1.807, 2.05) is 6.92 Å². The van der Waals surface area contributed by atoms with Crippen molar-refractivity contribution in [2.45, 2.75) is 31.1 Å². The maximum atomic E-state index is 12.9. The summed E-state index contributed by atoms with van der Waals surface area (Å²) in [5, 5.41) is 2.93. The molecular formula is C25H33N3O5S. The molecule has 0 aliphatic carbocycles. The Morgan fingerprint density at radius 1 is 1.06 bits per heavy atom. The van der Waals surface area contributed by atoms with E-state index in [1.165, 1.54) is 11.4 Å². The smallest absolute Gasteiger partial charge is 0.264 e. The molecule has 0 aromatic heterocycles.